The predicted molar refractivity (Wildman–Crippen MR) is 96.8 cm³/mol. The summed E-state index contributed by atoms with van der Waals surface area (Å²) in [5.74, 6) is -0.140. The fraction of sp³-hybridized carbons (Fsp3) is 0.200. The van der Waals surface area contributed by atoms with Gasteiger partial charge < -0.3 is 5.32 Å². The van der Waals surface area contributed by atoms with Crippen LogP contribution in [0.5, 0.6) is 0 Å². The Hall–Kier alpha value is -2.88. The van der Waals surface area contributed by atoms with E-state index >= 15 is 0 Å². The van der Waals surface area contributed by atoms with Gasteiger partial charge in [-0.1, -0.05) is 37.3 Å². The first-order valence-corrected chi connectivity index (χ1v) is 8.11. The number of aromatic nitrogens is 2. The van der Waals surface area contributed by atoms with Crippen LogP contribution >= 0.6 is 0 Å². The van der Waals surface area contributed by atoms with Crippen LogP contribution in [0.3, 0.4) is 0 Å². The molecule has 1 amide bonds. The minimum atomic E-state index is -0.140. The van der Waals surface area contributed by atoms with Crippen LogP contribution in [0.2, 0.25) is 0 Å². The average Bonchev–Trinajstić information content (AvgIpc) is 2.96. The maximum absolute atomic E-state index is 12.6. The molecule has 1 aromatic heterocycles. The van der Waals surface area contributed by atoms with Crippen LogP contribution in [-0.4, -0.2) is 15.7 Å². The Kier molecular flexibility index (Phi) is 4.47. The van der Waals surface area contributed by atoms with Gasteiger partial charge in [-0.25, -0.2) is 4.68 Å². The second-order valence-electron chi connectivity index (χ2n) is 5.86. The fourth-order valence-electron chi connectivity index (χ4n) is 2.81. The molecule has 1 heterocycles. The molecule has 0 saturated carbocycles. The first-order chi connectivity index (χ1) is 11.6. The smallest absolute Gasteiger partial charge is 0.259 e. The van der Waals surface area contributed by atoms with Gasteiger partial charge >= 0.3 is 0 Å². The van der Waals surface area contributed by atoms with E-state index in [0.29, 0.717) is 5.56 Å². The van der Waals surface area contributed by atoms with Gasteiger partial charge in [-0.3, -0.25) is 4.79 Å². The molecular weight excluding hydrogens is 298 g/mol. The number of aryl methyl sites for hydroxylation is 2. The lowest BCUT2D eigenvalue weighted by atomic mass is 10.1. The maximum atomic E-state index is 12.6. The van der Waals surface area contributed by atoms with E-state index in [0.717, 1.165) is 29.1 Å². The van der Waals surface area contributed by atoms with E-state index in [-0.39, 0.29) is 5.91 Å². The van der Waals surface area contributed by atoms with Crippen molar-refractivity contribution in [2.24, 2.45) is 0 Å². The molecule has 1 N–H and O–H groups in total. The quantitative estimate of drug-likeness (QED) is 0.779. The Morgan fingerprint density at radius 1 is 1.12 bits per heavy atom. The van der Waals surface area contributed by atoms with Gasteiger partial charge in [0.1, 0.15) is 0 Å². The van der Waals surface area contributed by atoms with Gasteiger partial charge in [0.15, 0.2) is 0 Å². The van der Waals surface area contributed by atoms with E-state index in [9.17, 15) is 4.79 Å². The fourth-order valence-corrected chi connectivity index (χ4v) is 2.81. The number of amides is 1. The number of nitrogens with zero attached hydrogens (tertiary/aromatic N) is 2. The molecule has 3 rings (SSSR count). The maximum Gasteiger partial charge on any atom is 0.259 e. The minimum Gasteiger partial charge on any atom is -0.322 e. The van der Waals surface area contributed by atoms with Crippen molar-refractivity contribution in [3.63, 3.8) is 0 Å². The molecule has 24 heavy (non-hydrogen) atoms. The molecule has 4 heteroatoms. The summed E-state index contributed by atoms with van der Waals surface area (Å²) in [6.07, 6.45) is 2.55. The third-order valence-corrected chi connectivity index (χ3v) is 4.13. The Morgan fingerprint density at radius 3 is 2.67 bits per heavy atom. The van der Waals surface area contributed by atoms with E-state index in [1.807, 2.05) is 61.0 Å². The molecule has 4 nitrogen and oxygen atoms in total. The van der Waals surface area contributed by atoms with Gasteiger partial charge in [-0.05, 0) is 49.6 Å². The van der Waals surface area contributed by atoms with Crippen LogP contribution in [0, 0.1) is 13.8 Å². The van der Waals surface area contributed by atoms with E-state index in [1.54, 1.807) is 6.20 Å². The summed E-state index contributed by atoms with van der Waals surface area (Å²) in [6.45, 7) is 6.04. The van der Waals surface area contributed by atoms with Crippen LogP contribution in [-0.2, 0) is 6.42 Å². The Labute approximate surface area is 142 Å². The summed E-state index contributed by atoms with van der Waals surface area (Å²) in [5.41, 5.74) is 5.54. The largest absolute Gasteiger partial charge is 0.322 e. The van der Waals surface area contributed by atoms with Crippen molar-refractivity contribution in [1.29, 1.82) is 0 Å². The third kappa shape index (κ3) is 3.08. The average molecular weight is 319 g/mol. The second-order valence-corrected chi connectivity index (χ2v) is 5.86. The molecule has 0 aliphatic heterocycles. The molecule has 0 unspecified atom stereocenters. The summed E-state index contributed by atoms with van der Waals surface area (Å²) in [6, 6.07) is 15.9. The zero-order chi connectivity index (χ0) is 17.1. The van der Waals surface area contributed by atoms with Crippen LogP contribution in [0.15, 0.2) is 54.7 Å². The summed E-state index contributed by atoms with van der Waals surface area (Å²) in [7, 11) is 0. The molecule has 0 fully saturated rings. The molecule has 0 saturated heterocycles. The van der Waals surface area contributed by atoms with Crippen molar-refractivity contribution in [2.75, 3.05) is 5.32 Å². The highest BCUT2D eigenvalue weighted by Gasteiger charge is 2.16. The Balaban J connectivity index is 1.91. The van der Waals surface area contributed by atoms with E-state index in [1.165, 1.54) is 5.56 Å². The lowest BCUT2D eigenvalue weighted by molar-refractivity contribution is 0.102. The predicted octanol–water partition coefficient (Wildman–Crippen LogP) is 4.30. The molecule has 0 aliphatic carbocycles. The summed E-state index contributed by atoms with van der Waals surface area (Å²) in [4.78, 5) is 12.6. The van der Waals surface area contributed by atoms with E-state index < -0.39 is 0 Å². The molecule has 0 aliphatic rings. The van der Waals surface area contributed by atoms with Crippen LogP contribution in [0.25, 0.3) is 5.69 Å². The number of rotatable bonds is 4. The summed E-state index contributed by atoms with van der Waals surface area (Å²) >= 11 is 0. The number of anilines is 1. The molecule has 2 aromatic carbocycles. The van der Waals surface area contributed by atoms with Crippen LogP contribution in [0.1, 0.15) is 34.1 Å². The standard InChI is InChI=1S/C20H21N3O/c1-4-16-9-5-6-11-19(16)23-15(3)18(13-21-23)20(24)22-17-10-7-8-14(2)12-17/h5-13H,4H2,1-3H3,(H,22,24). The SMILES string of the molecule is CCc1ccccc1-n1ncc(C(=O)Nc2cccc(C)c2)c1C. The highest BCUT2D eigenvalue weighted by molar-refractivity contribution is 6.05. The van der Waals surface area contributed by atoms with Crippen LogP contribution < -0.4 is 5.32 Å². The lowest BCUT2D eigenvalue weighted by Gasteiger charge is -2.10. The van der Waals surface area contributed by atoms with Gasteiger partial charge in [0.2, 0.25) is 0 Å². The number of hydrogen-bond donors (Lipinski definition) is 1. The summed E-state index contributed by atoms with van der Waals surface area (Å²) in [5, 5.41) is 7.37. The van der Waals surface area contributed by atoms with Crippen molar-refractivity contribution in [3.05, 3.63) is 77.1 Å². The number of nitrogens with one attached hydrogen (secondary N) is 1. The van der Waals surface area contributed by atoms with Crippen molar-refractivity contribution < 1.29 is 4.79 Å². The Bertz CT molecular complexity index is 880. The molecule has 0 spiro atoms. The molecule has 122 valence electrons. The zero-order valence-corrected chi connectivity index (χ0v) is 14.2. The lowest BCUT2D eigenvalue weighted by Crippen LogP contribution is -2.13. The number of benzene rings is 2. The van der Waals surface area contributed by atoms with Gasteiger partial charge in [0.05, 0.1) is 23.1 Å². The second kappa shape index (κ2) is 6.71. The van der Waals surface area contributed by atoms with Crippen LogP contribution in [0.4, 0.5) is 5.69 Å². The minimum absolute atomic E-state index is 0.140. The molecule has 3 aromatic rings. The topological polar surface area (TPSA) is 46.9 Å². The highest BCUT2D eigenvalue weighted by atomic mass is 16.1. The normalized spacial score (nSPS) is 10.6. The molecule has 0 radical (unpaired) electrons. The molecular formula is C20H21N3O. The molecule has 0 atom stereocenters. The Morgan fingerprint density at radius 2 is 1.92 bits per heavy atom. The van der Waals surface area contributed by atoms with E-state index in [4.69, 9.17) is 0 Å². The number of hydrogen-bond acceptors (Lipinski definition) is 2. The highest BCUT2D eigenvalue weighted by Crippen LogP contribution is 2.20. The number of carbonyl (C=O) groups is 1. The van der Waals surface area contributed by atoms with Crippen molar-refractivity contribution in [3.8, 4) is 5.69 Å². The third-order valence-electron chi connectivity index (χ3n) is 4.13. The van der Waals surface area contributed by atoms with Gasteiger partial charge in [0, 0.05) is 5.69 Å². The van der Waals surface area contributed by atoms with Crippen molar-refractivity contribution >= 4 is 11.6 Å². The molecule has 0 bridgehead atoms. The summed E-state index contributed by atoms with van der Waals surface area (Å²) < 4.78 is 1.84. The monoisotopic (exact) mass is 319 g/mol. The number of para-hydroxylation sites is 1. The van der Waals surface area contributed by atoms with Gasteiger partial charge in [-0.2, -0.15) is 5.10 Å². The first-order valence-electron chi connectivity index (χ1n) is 8.11. The zero-order valence-electron chi connectivity index (χ0n) is 14.2. The van der Waals surface area contributed by atoms with Gasteiger partial charge in [0.25, 0.3) is 5.91 Å². The van der Waals surface area contributed by atoms with Gasteiger partial charge in [-0.15, -0.1) is 0 Å². The number of carbonyl (C=O) groups excluding carboxylic acids is 1. The van der Waals surface area contributed by atoms with Crippen molar-refractivity contribution in [1.82, 2.24) is 9.78 Å². The first kappa shape index (κ1) is 16.0. The van der Waals surface area contributed by atoms with E-state index in [2.05, 4.69) is 23.4 Å². The van der Waals surface area contributed by atoms with Crippen molar-refractivity contribution in [2.45, 2.75) is 27.2 Å².